The van der Waals surface area contributed by atoms with Crippen molar-refractivity contribution in [3.05, 3.63) is 24.6 Å². The lowest BCUT2D eigenvalue weighted by Crippen LogP contribution is -2.26. The summed E-state index contributed by atoms with van der Waals surface area (Å²) in [5, 5.41) is 6.32. The standard InChI is InChI=1S/C10H10N4O/c1-2-9-8(13-6-15-9)5-7(1)14-10-11-3-4-12-10/h1-2,5-6H,3-4H2,(H2,11,12,14). The summed E-state index contributed by atoms with van der Waals surface area (Å²) in [7, 11) is 0. The summed E-state index contributed by atoms with van der Waals surface area (Å²) >= 11 is 0. The summed E-state index contributed by atoms with van der Waals surface area (Å²) in [6, 6.07) is 5.76. The van der Waals surface area contributed by atoms with Gasteiger partial charge in [0.1, 0.15) is 5.52 Å². The van der Waals surface area contributed by atoms with E-state index in [0.717, 1.165) is 35.8 Å². The number of anilines is 1. The fourth-order valence-corrected chi connectivity index (χ4v) is 1.55. The van der Waals surface area contributed by atoms with Gasteiger partial charge in [-0.15, -0.1) is 0 Å². The molecule has 15 heavy (non-hydrogen) atoms. The zero-order valence-electron chi connectivity index (χ0n) is 8.03. The van der Waals surface area contributed by atoms with E-state index in [-0.39, 0.29) is 0 Å². The molecule has 0 atom stereocenters. The van der Waals surface area contributed by atoms with E-state index in [1.54, 1.807) is 0 Å². The Balaban J connectivity index is 1.90. The van der Waals surface area contributed by atoms with Gasteiger partial charge < -0.3 is 15.1 Å². The summed E-state index contributed by atoms with van der Waals surface area (Å²) < 4.78 is 5.16. The van der Waals surface area contributed by atoms with Gasteiger partial charge in [0, 0.05) is 12.2 Å². The molecule has 1 aromatic carbocycles. The van der Waals surface area contributed by atoms with Gasteiger partial charge in [-0.05, 0) is 18.2 Å². The van der Waals surface area contributed by atoms with Crippen molar-refractivity contribution >= 4 is 22.7 Å². The van der Waals surface area contributed by atoms with E-state index in [1.165, 1.54) is 6.39 Å². The number of guanidine groups is 1. The third kappa shape index (κ3) is 1.52. The van der Waals surface area contributed by atoms with Crippen LogP contribution in [-0.2, 0) is 0 Å². The molecule has 0 spiro atoms. The largest absolute Gasteiger partial charge is 0.443 e. The van der Waals surface area contributed by atoms with Gasteiger partial charge in [0.15, 0.2) is 17.9 Å². The van der Waals surface area contributed by atoms with E-state index in [4.69, 9.17) is 4.42 Å². The normalized spacial score (nSPS) is 15.1. The molecule has 0 radical (unpaired) electrons. The van der Waals surface area contributed by atoms with Crippen LogP contribution >= 0.6 is 0 Å². The van der Waals surface area contributed by atoms with Crippen LogP contribution in [0.4, 0.5) is 5.69 Å². The molecule has 5 nitrogen and oxygen atoms in total. The first-order valence-corrected chi connectivity index (χ1v) is 4.80. The van der Waals surface area contributed by atoms with Crippen molar-refractivity contribution in [2.45, 2.75) is 0 Å². The Hall–Kier alpha value is -2.04. The van der Waals surface area contributed by atoms with Gasteiger partial charge in [-0.2, -0.15) is 0 Å². The van der Waals surface area contributed by atoms with E-state index in [2.05, 4.69) is 20.6 Å². The fourth-order valence-electron chi connectivity index (χ4n) is 1.55. The second-order valence-corrected chi connectivity index (χ2v) is 3.32. The molecule has 1 aromatic heterocycles. The second-order valence-electron chi connectivity index (χ2n) is 3.32. The lowest BCUT2D eigenvalue weighted by molar-refractivity contribution is 0.602. The molecule has 0 aliphatic carbocycles. The Morgan fingerprint density at radius 2 is 2.40 bits per heavy atom. The zero-order valence-corrected chi connectivity index (χ0v) is 8.03. The molecule has 0 saturated carbocycles. The lowest BCUT2D eigenvalue weighted by atomic mass is 10.3. The maximum Gasteiger partial charge on any atom is 0.195 e. The molecule has 0 bridgehead atoms. The Labute approximate surface area is 86.2 Å². The number of aromatic nitrogens is 1. The molecule has 2 heterocycles. The van der Waals surface area contributed by atoms with E-state index in [9.17, 15) is 0 Å². The fraction of sp³-hybridized carbons (Fsp3) is 0.200. The van der Waals surface area contributed by atoms with Crippen molar-refractivity contribution in [1.29, 1.82) is 0 Å². The van der Waals surface area contributed by atoms with Gasteiger partial charge in [-0.25, -0.2) is 4.98 Å². The summed E-state index contributed by atoms with van der Waals surface area (Å²) in [6.07, 6.45) is 1.44. The third-order valence-electron chi connectivity index (χ3n) is 2.27. The number of hydrogen-bond donors (Lipinski definition) is 2. The monoisotopic (exact) mass is 202 g/mol. The second kappa shape index (κ2) is 3.27. The number of fused-ring (bicyclic) bond motifs is 1. The van der Waals surface area contributed by atoms with Crippen LogP contribution in [0.3, 0.4) is 0 Å². The molecule has 3 rings (SSSR count). The summed E-state index contributed by atoms with van der Waals surface area (Å²) in [5.74, 6) is 0.817. The molecule has 2 aromatic rings. The van der Waals surface area contributed by atoms with Gasteiger partial charge in [-0.3, -0.25) is 4.99 Å². The van der Waals surface area contributed by atoms with E-state index in [0.29, 0.717) is 0 Å². The number of hydrogen-bond acceptors (Lipinski definition) is 5. The van der Waals surface area contributed by atoms with Crippen LogP contribution in [0.2, 0.25) is 0 Å². The molecule has 1 aliphatic heterocycles. The van der Waals surface area contributed by atoms with Gasteiger partial charge in [0.05, 0.1) is 6.54 Å². The van der Waals surface area contributed by atoms with Crippen molar-refractivity contribution < 1.29 is 4.42 Å². The van der Waals surface area contributed by atoms with Crippen LogP contribution in [0.1, 0.15) is 0 Å². The molecule has 0 fully saturated rings. The third-order valence-corrected chi connectivity index (χ3v) is 2.27. The minimum Gasteiger partial charge on any atom is -0.443 e. The highest BCUT2D eigenvalue weighted by Gasteiger charge is 2.05. The topological polar surface area (TPSA) is 62.5 Å². The van der Waals surface area contributed by atoms with Crippen LogP contribution in [0, 0.1) is 0 Å². The molecule has 1 aliphatic rings. The zero-order chi connectivity index (χ0) is 10.1. The maximum absolute atomic E-state index is 5.16. The molecule has 2 N–H and O–H groups in total. The molecule has 5 heteroatoms. The molecule has 0 saturated heterocycles. The van der Waals surface area contributed by atoms with E-state index < -0.39 is 0 Å². The quantitative estimate of drug-likeness (QED) is 0.729. The maximum atomic E-state index is 5.16. The average molecular weight is 202 g/mol. The van der Waals surface area contributed by atoms with Crippen molar-refractivity contribution in [2.24, 2.45) is 4.99 Å². The van der Waals surface area contributed by atoms with Crippen molar-refractivity contribution in [3.8, 4) is 0 Å². The molecular weight excluding hydrogens is 192 g/mol. The summed E-state index contributed by atoms with van der Waals surface area (Å²) in [4.78, 5) is 8.34. The van der Waals surface area contributed by atoms with Crippen LogP contribution in [0.5, 0.6) is 0 Å². The Morgan fingerprint density at radius 3 is 3.27 bits per heavy atom. The van der Waals surface area contributed by atoms with Gasteiger partial charge in [-0.1, -0.05) is 0 Å². The number of aliphatic imine (C=N–C) groups is 1. The predicted molar refractivity (Wildman–Crippen MR) is 57.9 cm³/mol. The van der Waals surface area contributed by atoms with Crippen LogP contribution in [-0.4, -0.2) is 24.0 Å². The minimum absolute atomic E-state index is 0.793. The van der Waals surface area contributed by atoms with Gasteiger partial charge in [0.25, 0.3) is 0 Å². The van der Waals surface area contributed by atoms with E-state index in [1.807, 2.05) is 18.2 Å². The summed E-state index contributed by atoms with van der Waals surface area (Å²) in [5.41, 5.74) is 2.60. The van der Waals surface area contributed by atoms with Crippen molar-refractivity contribution in [2.75, 3.05) is 18.4 Å². The first-order chi connectivity index (χ1) is 7.42. The Morgan fingerprint density at radius 1 is 1.40 bits per heavy atom. The highest BCUT2D eigenvalue weighted by atomic mass is 16.3. The highest BCUT2D eigenvalue weighted by Crippen LogP contribution is 2.17. The smallest absolute Gasteiger partial charge is 0.195 e. The van der Waals surface area contributed by atoms with Gasteiger partial charge >= 0.3 is 0 Å². The van der Waals surface area contributed by atoms with Gasteiger partial charge in [0.2, 0.25) is 0 Å². The van der Waals surface area contributed by atoms with E-state index >= 15 is 0 Å². The number of nitrogens with zero attached hydrogens (tertiary/aromatic N) is 2. The first kappa shape index (κ1) is 8.28. The number of rotatable bonds is 1. The SMILES string of the molecule is c1nc2cc(NC3=NCCN3)ccc2o1. The number of benzene rings is 1. The number of nitrogens with one attached hydrogen (secondary N) is 2. The van der Waals surface area contributed by atoms with Crippen LogP contribution < -0.4 is 10.6 Å². The predicted octanol–water partition coefficient (Wildman–Crippen LogP) is 1.20. The Bertz CT molecular complexity index is 517. The molecule has 0 unspecified atom stereocenters. The highest BCUT2D eigenvalue weighted by molar-refractivity contribution is 5.96. The Kier molecular flexibility index (Phi) is 1.81. The molecule has 76 valence electrons. The first-order valence-electron chi connectivity index (χ1n) is 4.80. The van der Waals surface area contributed by atoms with Crippen LogP contribution in [0.15, 0.2) is 34.0 Å². The van der Waals surface area contributed by atoms with Crippen molar-refractivity contribution in [3.63, 3.8) is 0 Å². The van der Waals surface area contributed by atoms with Crippen molar-refractivity contribution in [1.82, 2.24) is 10.3 Å². The number of oxazole rings is 1. The summed E-state index contributed by atoms with van der Waals surface area (Å²) in [6.45, 7) is 1.73. The average Bonchev–Trinajstić information content (AvgIpc) is 2.87. The minimum atomic E-state index is 0.793. The molecular formula is C10H10N4O. The lowest BCUT2D eigenvalue weighted by Gasteiger charge is -2.05. The molecule has 0 amide bonds. The van der Waals surface area contributed by atoms with Crippen LogP contribution in [0.25, 0.3) is 11.1 Å².